The van der Waals surface area contributed by atoms with Gasteiger partial charge >= 0.3 is 12.0 Å². The molecule has 0 bridgehead atoms. The standard InChI is InChI=1S/C15H19ClN2O3/c16-12-7-5-11(6-8-12)10-17-15(21)18-9-3-1-2-4-13(18)14(19)20/h5-8,13H,1-4,9-10H2,(H,17,21)(H,19,20). The molecule has 0 aliphatic carbocycles. The van der Waals surface area contributed by atoms with Gasteiger partial charge < -0.3 is 15.3 Å². The molecule has 0 saturated carbocycles. The number of hydrogen-bond donors (Lipinski definition) is 2. The van der Waals surface area contributed by atoms with Crippen LogP contribution in [0.25, 0.3) is 0 Å². The van der Waals surface area contributed by atoms with Gasteiger partial charge in [0.2, 0.25) is 0 Å². The summed E-state index contributed by atoms with van der Waals surface area (Å²) in [4.78, 5) is 25.0. The van der Waals surface area contributed by atoms with Crippen LogP contribution in [0.5, 0.6) is 0 Å². The van der Waals surface area contributed by atoms with Crippen molar-refractivity contribution in [2.75, 3.05) is 6.54 Å². The van der Waals surface area contributed by atoms with E-state index in [9.17, 15) is 14.7 Å². The second kappa shape index (κ2) is 7.31. The summed E-state index contributed by atoms with van der Waals surface area (Å²) in [5, 5.41) is 12.7. The number of carboxylic acids is 1. The van der Waals surface area contributed by atoms with Gasteiger partial charge in [-0.3, -0.25) is 0 Å². The SMILES string of the molecule is O=C(O)C1CCCCCN1C(=O)NCc1ccc(Cl)cc1. The van der Waals surface area contributed by atoms with E-state index in [4.69, 9.17) is 11.6 Å². The normalized spacial score (nSPS) is 18.9. The minimum Gasteiger partial charge on any atom is -0.480 e. The monoisotopic (exact) mass is 310 g/mol. The Morgan fingerprint density at radius 3 is 2.62 bits per heavy atom. The molecule has 5 nitrogen and oxygen atoms in total. The Kier molecular flexibility index (Phi) is 5.44. The summed E-state index contributed by atoms with van der Waals surface area (Å²) in [5.74, 6) is -0.932. The molecule has 0 radical (unpaired) electrons. The lowest BCUT2D eigenvalue weighted by molar-refractivity contribution is -0.142. The number of nitrogens with one attached hydrogen (secondary N) is 1. The van der Waals surface area contributed by atoms with Crippen LogP contribution >= 0.6 is 11.6 Å². The molecule has 1 aliphatic rings. The van der Waals surface area contributed by atoms with Crippen molar-refractivity contribution in [3.05, 3.63) is 34.9 Å². The number of amides is 2. The van der Waals surface area contributed by atoms with E-state index in [1.54, 1.807) is 12.1 Å². The van der Waals surface area contributed by atoms with E-state index in [2.05, 4.69) is 5.32 Å². The predicted molar refractivity (Wildman–Crippen MR) is 80.3 cm³/mol. The van der Waals surface area contributed by atoms with Crippen molar-refractivity contribution in [1.29, 1.82) is 0 Å². The fourth-order valence-electron chi connectivity index (χ4n) is 2.49. The summed E-state index contributed by atoms with van der Waals surface area (Å²) in [5.41, 5.74) is 0.925. The molecule has 21 heavy (non-hydrogen) atoms. The van der Waals surface area contributed by atoms with Crippen LogP contribution in [0.2, 0.25) is 5.02 Å². The van der Waals surface area contributed by atoms with Crippen molar-refractivity contribution in [2.24, 2.45) is 0 Å². The molecule has 114 valence electrons. The maximum atomic E-state index is 12.2. The van der Waals surface area contributed by atoms with Gasteiger partial charge in [-0.05, 0) is 30.5 Å². The third-order valence-corrected chi connectivity index (χ3v) is 3.91. The molecule has 2 N–H and O–H groups in total. The molecule has 1 atom stereocenters. The third kappa shape index (κ3) is 4.36. The highest BCUT2D eigenvalue weighted by atomic mass is 35.5. The number of urea groups is 1. The summed E-state index contributed by atoms with van der Waals surface area (Å²) in [6.45, 7) is 0.849. The molecule has 1 saturated heterocycles. The molecule has 1 aromatic carbocycles. The lowest BCUT2D eigenvalue weighted by Gasteiger charge is -2.27. The van der Waals surface area contributed by atoms with E-state index < -0.39 is 12.0 Å². The van der Waals surface area contributed by atoms with Gasteiger partial charge in [-0.2, -0.15) is 0 Å². The first kappa shape index (κ1) is 15.6. The zero-order chi connectivity index (χ0) is 15.2. The number of likely N-dealkylation sites (tertiary alicyclic amines) is 1. The Morgan fingerprint density at radius 1 is 1.24 bits per heavy atom. The van der Waals surface area contributed by atoms with E-state index >= 15 is 0 Å². The van der Waals surface area contributed by atoms with Gasteiger partial charge in [0.1, 0.15) is 6.04 Å². The summed E-state index contributed by atoms with van der Waals surface area (Å²) in [6, 6.07) is 6.14. The maximum absolute atomic E-state index is 12.2. The number of hydrogen-bond acceptors (Lipinski definition) is 2. The average Bonchev–Trinajstić information content (AvgIpc) is 2.72. The van der Waals surface area contributed by atoms with Gasteiger partial charge in [0.25, 0.3) is 0 Å². The van der Waals surface area contributed by atoms with Gasteiger partial charge in [-0.15, -0.1) is 0 Å². The zero-order valence-corrected chi connectivity index (χ0v) is 12.5. The Morgan fingerprint density at radius 2 is 1.95 bits per heavy atom. The van der Waals surface area contributed by atoms with Crippen LogP contribution in [0.4, 0.5) is 4.79 Å². The molecular weight excluding hydrogens is 292 g/mol. The number of rotatable bonds is 3. The smallest absolute Gasteiger partial charge is 0.326 e. The predicted octanol–water partition coefficient (Wildman–Crippen LogP) is 2.88. The quantitative estimate of drug-likeness (QED) is 0.902. The lowest BCUT2D eigenvalue weighted by atomic mass is 10.1. The number of carbonyl (C=O) groups is 2. The molecule has 1 aliphatic heterocycles. The number of carboxylic acid groups (broad SMARTS) is 1. The molecule has 0 spiro atoms. The number of aliphatic carboxylic acids is 1. The third-order valence-electron chi connectivity index (χ3n) is 3.66. The van der Waals surface area contributed by atoms with Crippen molar-refractivity contribution < 1.29 is 14.7 Å². The van der Waals surface area contributed by atoms with E-state index in [1.807, 2.05) is 12.1 Å². The van der Waals surface area contributed by atoms with E-state index in [1.165, 1.54) is 4.90 Å². The molecule has 1 unspecified atom stereocenters. The van der Waals surface area contributed by atoms with Crippen molar-refractivity contribution in [2.45, 2.75) is 38.3 Å². The summed E-state index contributed by atoms with van der Waals surface area (Å²) in [7, 11) is 0. The molecular formula is C15H19ClN2O3. The summed E-state index contributed by atoms with van der Waals surface area (Å²) >= 11 is 5.81. The molecule has 0 aromatic heterocycles. The van der Waals surface area contributed by atoms with Crippen LogP contribution in [-0.2, 0) is 11.3 Å². The Labute approximate surface area is 128 Å². The zero-order valence-electron chi connectivity index (χ0n) is 11.7. The van der Waals surface area contributed by atoms with Crippen LogP contribution in [-0.4, -0.2) is 34.6 Å². The van der Waals surface area contributed by atoms with E-state index in [-0.39, 0.29) is 6.03 Å². The molecule has 6 heteroatoms. The average molecular weight is 311 g/mol. The summed E-state index contributed by atoms with van der Waals surface area (Å²) < 4.78 is 0. The van der Waals surface area contributed by atoms with Gasteiger partial charge in [-0.25, -0.2) is 9.59 Å². The molecule has 1 aromatic rings. The van der Waals surface area contributed by atoms with Crippen LogP contribution in [0.3, 0.4) is 0 Å². The first-order chi connectivity index (χ1) is 10.1. The van der Waals surface area contributed by atoms with Gasteiger partial charge in [0, 0.05) is 18.1 Å². The molecule has 2 amide bonds. The lowest BCUT2D eigenvalue weighted by Crippen LogP contribution is -2.49. The summed E-state index contributed by atoms with van der Waals surface area (Å²) in [6.07, 6.45) is 3.17. The fraction of sp³-hybridized carbons (Fsp3) is 0.467. The van der Waals surface area contributed by atoms with Crippen LogP contribution < -0.4 is 5.32 Å². The minimum atomic E-state index is -0.932. The highest BCUT2D eigenvalue weighted by molar-refractivity contribution is 6.30. The fourth-order valence-corrected chi connectivity index (χ4v) is 2.62. The second-order valence-corrected chi connectivity index (χ2v) is 5.62. The number of halogens is 1. The molecule has 1 heterocycles. The van der Waals surface area contributed by atoms with Crippen molar-refractivity contribution >= 4 is 23.6 Å². The van der Waals surface area contributed by atoms with E-state index in [0.29, 0.717) is 24.5 Å². The van der Waals surface area contributed by atoms with Crippen LogP contribution in [0, 0.1) is 0 Å². The Bertz CT molecular complexity index is 504. The first-order valence-electron chi connectivity index (χ1n) is 7.09. The van der Waals surface area contributed by atoms with Gasteiger partial charge in [0.05, 0.1) is 0 Å². The minimum absolute atomic E-state index is 0.320. The number of carbonyl (C=O) groups excluding carboxylic acids is 1. The molecule has 1 fully saturated rings. The number of nitrogens with zero attached hydrogens (tertiary/aromatic N) is 1. The van der Waals surface area contributed by atoms with Crippen LogP contribution in [0.1, 0.15) is 31.2 Å². The van der Waals surface area contributed by atoms with Crippen LogP contribution in [0.15, 0.2) is 24.3 Å². The first-order valence-corrected chi connectivity index (χ1v) is 7.47. The Hall–Kier alpha value is -1.75. The van der Waals surface area contributed by atoms with Crippen molar-refractivity contribution in [3.8, 4) is 0 Å². The number of benzene rings is 1. The largest absolute Gasteiger partial charge is 0.480 e. The highest BCUT2D eigenvalue weighted by Crippen LogP contribution is 2.17. The van der Waals surface area contributed by atoms with Gasteiger partial charge in [-0.1, -0.05) is 36.6 Å². The Balaban J connectivity index is 1.96. The van der Waals surface area contributed by atoms with Crippen molar-refractivity contribution in [1.82, 2.24) is 10.2 Å². The van der Waals surface area contributed by atoms with Gasteiger partial charge in [0.15, 0.2) is 0 Å². The molecule has 2 rings (SSSR count). The van der Waals surface area contributed by atoms with Crippen molar-refractivity contribution in [3.63, 3.8) is 0 Å². The second-order valence-electron chi connectivity index (χ2n) is 5.18. The maximum Gasteiger partial charge on any atom is 0.326 e. The topological polar surface area (TPSA) is 69.6 Å². The van der Waals surface area contributed by atoms with E-state index in [0.717, 1.165) is 24.8 Å². The highest BCUT2D eigenvalue weighted by Gasteiger charge is 2.30.